The molecule has 0 unspecified atom stereocenters. The average molecular weight is 283 g/mol. The van der Waals surface area contributed by atoms with Gasteiger partial charge < -0.3 is 10.6 Å². The Morgan fingerprint density at radius 1 is 1.32 bits per heavy atom. The summed E-state index contributed by atoms with van der Waals surface area (Å²) < 4.78 is 22.1. The fraction of sp³-hybridized carbons (Fsp3) is 0.250. The quantitative estimate of drug-likeness (QED) is 0.741. The van der Waals surface area contributed by atoms with Gasteiger partial charge >= 0.3 is 6.03 Å². The Bertz CT molecular complexity index is 564. The number of nitrogens with two attached hydrogens (primary N) is 1. The molecule has 19 heavy (non-hydrogen) atoms. The number of hydrogen-bond donors (Lipinski definition) is 3. The Kier molecular flexibility index (Phi) is 5.08. The highest BCUT2D eigenvalue weighted by Crippen LogP contribution is 2.08. The van der Waals surface area contributed by atoms with E-state index >= 15 is 0 Å². The number of amides is 2. The molecule has 0 heterocycles. The first-order valence-corrected chi connectivity index (χ1v) is 7.16. The summed E-state index contributed by atoms with van der Waals surface area (Å²) in [6.45, 7) is 5.68. The van der Waals surface area contributed by atoms with Crippen LogP contribution in [0.15, 0.2) is 41.4 Å². The van der Waals surface area contributed by atoms with Gasteiger partial charge in [0.25, 0.3) is 0 Å². The third kappa shape index (κ3) is 5.54. The lowest BCUT2D eigenvalue weighted by Gasteiger charge is -2.07. The molecule has 0 bridgehead atoms. The van der Waals surface area contributed by atoms with Crippen molar-refractivity contribution in [2.24, 2.45) is 5.14 Å². The summed E-state index contributed by atoms with van der Waals surface area (Å²) in [5.74, 6) is 0. The van der Waals surface area contributed by atoms with Crippen LogP contribution >= 0.6 is 0 Å². The van der Waals surface area contributed by atoms with Crippen LogP contribution in [0.25, 0.3) is 0 Å². The molecule has 1 aromatic rings. The molecule has 0 radical (unpaired) electrons. The molecule has 1 rings (SSSR count). The van der Waals surface area contributed by atoms with E-state index in [9.17, 15) is 13.2 Å². The van der Waals surface area contributed by atoms with Crippen molar-refractivity contribution in [3.63, 3.8) is 0 Å². The largest absolute Gasteiger partial charge is 0.338 e. The first-order chi connectivity index (χ1) is 8.79. The van der Waals surface area contributed by atoms with Crippen LogP contribution in [0.2, 0.25) is 0 Å². The van der Waals surface area contributed by atoms with E-state index in [1.807, 2.05) is 0 Å². The summed E-state index contributed by atoms with van der Waals surface area (Å²) in [6.07, 6.45) is 0.592. The standard InChI is InChI=1S/C12H17N3O3S/c1-9(2)15-12(16)14-8-7-10-3-5-11(6-4-10)19(13,17)18/h3-6H,1,7-8H2,2H3,(H2,13,17,18)(H2,14,15,16). The van der Waals surface area contributed by atoms with E-state index in [0.717, 1.165) is 5.56 Å². The molecule has 0 aliphatic carbocycles. The number of hydrogen-bond acceptors (Lipinski definition) is 3. The van der Waals surface area contributed by atoms with Crippen LogP contribution in [0.5, 0.6) is 0 Å². The lowest BCUT2D eigenvalue weighted by Crippen LogP contribution is -2.35. The molecule has 0 spiro atoms. The molecule has 0 atom stereocenters. The van der Waals surface area contributed by atoms with E-state index in [2.05, 4.69) is 17.2 Å². The monoisotopic (exact) mass is 283 g/mol. The fourth-order valence-electron chi connectivity index (χ4n) is 1.40. The summed E-state index contributed by atoms with van der Waals surface area (Å²) in [5, 5.41) is 10.2. The molecule has 6 nitrogen and oxygen atoms in total. The predicted molar refractivity (Wildman–Crippen MR) is 72.9 cm³/mol. The van der Waals surface area contributed by atoms with Gasteiger partial charge in [0.05, 0.1) is 4.90 Å². The van der Waals surface area contributed by atoms with E-state index in [0.29, 0.717) is 18.7 Å². The minimum absolute atomic E-state index is 0.0734. The maximum Gasteiger partial charge on any atom is 0.318 e. The van der Waals surface area contributed by atoms with Crippen LogP contribution < -0.4 is 15.8 Å². The van der Waals surface area contributed by atoms with E-state index in [1.165, 1.54) is 12.1 Å². The third-order valence-electron chi connectivity index (χ3n) is 2.28. The lowest BCUT2D eigenvalue weighted by atomic mass is 10.1. The van der Waals surface area contributed by atoms with Crippen molar-refractivity contribution in [2.45, 2.75) is 18.2 Å². The Morgan fingerprint density at radius 2 is 1.89 bits per heavy atom. The number of benzene rings is 1. The van der Waals surface area contributed by atoms with Crippen LogP contribution in [-0.2, 0) is 16.4 Å². The van der Waals surface area contributed by atoms with Crippen molar-refractivity contribution in [2.75, 3.05) is 6.54 Å². The van der Waals surface area contributed by atoms with Crippen molar-refractivity contribution in [1.82, 2.24) is 10.6 Å². The summed E-state index contributed by atoms with van der Waals surface area (Å²) in [5.41, 5.74) is 1.47. The van der Waals surface area contributed by atoms with Crippen molar-refractivity contribution in [3.8, 4) is 0 Å². The van der Waals surface area contributed by atoms with Crippen LogP contribution in [0, 0.1) is 0 Å². The van der Waals surface area contributed by atoms with Gasteiger partial charge in [0.1, 0.15) is 0 Å². The maximum atomic E-state index is 11.3. The molecule has 1 aromatic carbocycles. The summed E-state index contributed by atoms with van der Waals surface area (Å²) >= 11 is 0. The van der Waals surface area contributed by atoms with E-state index < -0.39 is 10.0 Å². The molecule has 4 N–H and O–H groups in total. The van der Waals surface area contributed by atoms with Crippen molar-refractivity contribution < 1.29 is 13.2 Å². The first kappa shape index (κ1) is 15.2. The molecule has 0 aliphatic rings. The summed E-state index contributed by atoms with van der Waals surface area (Å²) in [6, 6.07) is 5.90. The van der Waals surface area contributed by atoms with Gasteiger partial charge in [0.2, 0.25) is 10.0 Å². The van der Waals surface area contributed by atoms with Gasteiger partial charge in [-0.15, -0.1) is 0 Å². The van der Waals surface area contributed by atoms with Gasteiger partial charge in [0.15, 0.2) is 0 Å². The lowest BCUT2D eigenvalue weighted by molar-refractivity contribution is 0.243. The predicted octanol–water partition coefficient (Wildman–Crippen LogP) is 0.709. The smallest absolute Gasteiger partial charge is 0.318 e. The van der Waals surface area contributed by atoms with Crippen molar-refractivity contribution in [3.05, 3.63) is 42.1 Å². The second kappa shape index (κ2) is 6.35. The minimum Gasteiger partial charge on any atom is -0.338 e. The highest BCUT2D eigenvalue weighted by molar-refractivity contribution is 7.89. The van der Waals surface area contributed by atoms with Gasteiger partial charge in [-0.3, -0.25) is 0 Å². The zero-order valence-electron chi connectivity index (χ0n) is 10.6. The van der Waals surface area contributed by atoms with Crippen LogP contribution in [0.1, 0.15) is 12.5 Å². The Labute approximate surface area is 112 Å². The van der Waals surface area contributed by atoms with Gasteiger partial charge in [-0.25, -0.2) is 18.4 Å². The molecule has 2 amide bonds. The van der Waals surface area contributed by atoms with Gasteiger partial charge in [0, 0.05) is 12.2 Å². The molecule has 0 saturated heterocycles. The molecule has 0 aromatic heterocycles. The topological polar surface area (TPSA) is 101 Å². The highest BCUT2D eigenvalue weighted by atomic mass is 32.2. The SMILES string of the molecule is C=C(C)NC(=O)NCCc1ccc(S(N)(=O)=O)cc1. The Morgan fingerprint density at radius 3 is 2.37 bits per heavy atom. The number of carbonyl (C=O) groups is 1. The molecular weight excluding hydrogens is 266 g/mol. The van der Waals surface area contributed by atoms with E-state index in [1.54, 1.807) is 19.1 Å². The summed E-state index contributed by atoms with van der Waals surface area (Å²) in [4.78, 5) is 11.3. The molecule has 0 saturated carbocycles. The second-order valence-electron chi connectivity index (χ2n) is 4.10. The minimum atomic E-state index is -3.66. The normalized spacial score (nSPS) is 10.8. The van der Waals surface area contributed by atoms with E-state index in [-0.39, 0.29) is 10.9 Å². The maximum absolute atomic E-state index is 11.3. The highest BCUT2D eigenvalue weighted by Gasteiger charge is 2.06. The Balaban J connectivity index is 2.47. The second-order valence-corrected chi connectivity index (χ2v) is 5.66. The molecule has 0 fully saturated rings. The third-order valence-corrected chi connectivity index (χ3v) is 3.21. The molecule has 0 aliphatic heterocycles. The number of sulfonamides is 1. The number of carbonyl (C=O) groups excluding carboxylic acids is 1. The summed E-state index contributed by atoms with van der Waals surface area (Å²) in [7, 11) is -3.66. The Hall–Kier alpha value is -1.86. The molecule has 7 heteroatoms. The van der Waals surface area contributed by atoms with Crippen LogP contribution in [0.3, 0.4) is 0 Å². The van der Waals surface area contributed by atoms with E-state index in [4.69, 9.17) is 5.14 Å². The van der Waals surface area contributed by atoms with Crippen molar-refractivity contribution >= 4 is 16.1 Å². The van der Waals surface area contributed by atoms with Crippen molar-refractivity contribution in [1.29, 1.82) is 0 Å². The molecule has 104 valence electrons. The number of primary sulfonamides is 1. The zero-order valence-corrected chi connectivity index (χ0v) is 11.5. The number of allylic oxidation sites excluding steroid dienone is 1. The number of urea groups is 1. The van der Waals surface area contributed by atoms with Gasteiger partial charge in [-0.2, -0.15) is 0 Å². The zero-order chi connectivity index (χ0) is 14.5. The van der Waals surface area contributed by atoms with Gasteiger partial charge in [-0.05, 0) is 31.0 Å². The first-order valence-electron chi connectivity index (χ1n) is 5.61. The molecular formula is C12H17N3O3S. The fourth-order valence-corrected chi connectivity index (χ4v) is 1.92. The average Bonchev–Trinajstić information content (AvgIpc) is 2.27. The van der Waals surface area contributed by atoms with Crippen LogP contribution in [-0.4, -0.2) is 21.0 Å². The number of rotatable bonds is 5. The van der Waals surface area contributed by atoms with Crippen LogP contribution in [0.4, 0.5) is 4.79 Å². The van der Waals surface area contributed by atoms with Gasteiger partial charge in [-0.1, -0.05) is 18.7 Å². The number of nitrogens with one attached hydrogen (secondary N) is 2.